The van der Waals surface area contributed by atoms with Crippen LogP contribution >= 0.6 is 6.89 Å². The summed E-state index contributed by atoms with van der Waals surface area (Å²) < 4.78 is 0. The maximum absolute atomic E-state index is 14.2. The van der Waals surface area contributed by atoms with Gasteiger partial charge in [0.15, 0.2) is 5.78 Å². The Balaban J connectivity index is 1.61. The van der Waals surface area contributed by atoms with Gasteiger partial charge in [0.05, 0.1) is 0 Å². The molecule has 0 heterocycles. The topological polar surface area (TPSA) is 17.1 Å². The molecule has 0 saturated carbocycles. The molecule has 0 saturated heterocycles. The zero-order chi connectivity index (χ0) is 32.8. The third-order valence-corrected chi connectivity index (χ3v) is 13.1. The van der Waals surface area contributed by atoms with Gasteiger partial charge in [0.2, 0.25) is 0 Å². The van der Waals surface area contributed by atoms with E-state index in [0.717, 1.165) is 38.2 Å². The molecule has 0 bridgehead atoms. The molecule has 0 atom stereocenters. The van der Waals surface area contributed by atoms with Crippen molar-refractivity contribution in [2.24, 2.45) is 0 Å². The number of carbonyl (C=O) groups excluding carboxylic acids is 1. The third-order valence-electron chi connectivity index (χ3n) is 7.40. The highest BCUT2D eigenvalue weighted by atomic mass is 31.2. The van der Waals surface area contributed by atoms with Crippen LogP contribution in [0.2, 0.25) is 39.3 Å². The fraction of sp³-hybridized carbons (Fsp3) is 0.143. The highest BCUT2D eigenvalue weighted by Crippen LogP contribution is 2.44. The van der Waals surface area contributed by atoms with Gasteiger partial charge >= 0.3 is 0 Å². The van der Waals surface area contributed by atoms with E-state index in [-0.39, 0.29) is 5.78 Å². The van der Waals surface area contributed by atoms with Crippen molar-refractivity contribution < 1.29 is 4.79 Å². The van der Waals surface area contributed by atoms with Crippen LogP contribution < -0.4 is 15.9 Å². The van der Waals surface area contributed by atoms with E-state index < -0.39 is 23.0 Å². The third kappa shape index (κ3) is 8.25. The van der Waals surface area contributed by atoms with Crippen LogP contribution in [-0.2, 0) is 0 Å². The Labute approximate surface area is 277 Å². The van der Waals surface area contributed by atoms with E-state index >= 15 is 0 Å². The average Bonchev–Trinajstić information content (AvgIpc) is 3.06. The maximum Gasteiger partial charge on any atom is 0.186 e. The molecule has 228 valence electrons. The van der Waals surface area contributed by atoms with E-state index in [9.17, 15) is 4.79 Å². The van der Waals surface area contributed by atoms with Crippen molar-refractivity contribution in [2.75, 3.05) is 0 Å². The molecule has 0 aliphatic carbocycles. The van der Waals surface area contributed by atoms with E-state index in [1.165, 1.54) is 0 Å². The van der Waals surface area contributed by atoms with Gasteiger partial charge in [-0.3, -0.25) is 4.79 Å². The van der Waals surface area contributed by atoms with E-state index in [2.05, 4.69) is 165 Å². The molecule has 0 aromatic heterocycles. The number of rotatable bonds is 6. The lowest BCUT2D eigenvalue weighted by atomic mass is 9.98. The summed E-state index contributed by atoms with van der Waals surface area (Å²) in [6.45, 7) is 11.1. The second-order valence-electron chi connectivity index (χ2n) is 13.6. The predicted octanol–water partition coefficient (Wildman–Crippen LogP) is 8.79. The number of Topliss-reactive ketones (excluding diaryl/α,β-unsaturated/α-hetero) is 1. The van der Waals surface area contributed by atoms with Crippen LogP contribution in [0.5, 0.6) is 0 Å². The van der Waals surface area contributed by atoms with Gasteiger partial charge in [-0.1, -0.05) is 166 Å². The van der Waals surface area contributed by atoms with E-state index in [1.807, 2.05) is 36.1 Å². The van der Waals surface area contributed by atoms with Gasteiger partial charge in [0, 0.05) is 16.7 Å². The summed E-state index contributed by atoms with van der Waals surface area (Å²) in [5.74, 6) is 8.89. The van der Waals surface area contributed by atoms with E-state index in [4.69, 9.17) is 0 Å². The van der Waals surface area contributed by atoms with Crippen molar-refractivity contribution in [1.82, 2.24) is 0 Å². The normalized spacial score (nSPS) is 11.4. The van der Waals surface area contributed by atoms with Crippen LogP contribution in [-0.4, -0.2) is 27.7 Å². The van der Waals surface area contributed by atoms with Gasteiger partial charge in [-0.05, 0) is 57.9 Å². The summed E-state index contributed by atoms with van der Waals surface area (Å²) in [6.07, 6.45) is 0. The van der Waals surface area contributed by atoms with Gasteiger partial charge in [-0.2, -0.15) is 0 Å². The second-order valence-corrected chi connectivity index (χ2v) is 26.4. The molecule has 0 unspecified atom stereocenters. The first-order valence-corrected chi connectivity index (χ1v) is 24.6. The van der Waals surface area contributed by atoms with Crippen LogP contribution in [0.1, 0.15) is 21.5 Å². The molecular formula is C42H41OPSi2. The largest absolute Gasteiger partial charge is 0.289 e. The molecule has 5 aromatic carbocycles. The Morgan fingerprint density at radius 1 is 0.522 bits per heavy atom. The summed E-state index contributed by atoms with van der Waals surface area (Å²) >= 11 is 0. The SMILES string of the molecule is C[Si](C)(C)C#Cc1cc(C#C[Si](C)(C)C)cc(-c2ccc(C(=O)C=P(c3ccccc3)(c3ccccc3)c3ccccc3)cc2)c1. The molecule has 4 heteroatoms. The van der Waals surface area contributed by atoms with Crippen molar-refractivity contribution in [2.45, 2.75) is 39.3 Å². The predicted molar refractivity (Wildman–Crippen MR) is 208 cm³/mol. The second kappa shape index (κ2) is 13.9. The zero-order valence-corrected chi connectivity index (χ0v) is 30.5. The monoisotopic (exact) mass is 648 g/mol. The van der Waals surface area contributed by atoms with Crippen LogP contribution in [0.15, 0.2) is 133 Å². The van der Waals surface area contributed by atoms with Crippen molar-refractivity contribution in [3.8, 4) is 34.1 Å². The number of ketones is 1. The summed E-state index contributed by atoms with van der Waals surface area (Å²) in [7, 11) is -3.09. The molecule has 46 heavy (non-hydrogen) atoms. The lowest BCUT2D eigenvalue weighted by Gasteiger charge is -2.28. The van der Waals surface area contributed by atoms with Crippen LogP contribution in [0, 0.1) is 22.9 Å². The van der Waals surface area contributed by atoms with E-state index in [1.54, 1.807) is 0 Å². The van der Waals surface area contributed by atoms with Crippen molar-refractivity contribution in [1.29, 1.82) is 0 Å². The molecule has 0 aliphatic rings. The lowest BCUT2D eigenvalue weighted by Crippen LogP contribution is -2.28. The molecule has 0 fully saturated rings. The Hall–Kier alpha value is -4.38. The van der Waals surface area contributed by atoms with Crippen LogP contribution in [0.25, 0.3) is 11.1 Å². The standard InChI is InChI=1S/C42H41OPSi2/c1-45(2,3)28-26-34-30-35(27-29-46(4,5)6)32-38(31-34)36-22-24-37(25-23-36)42(43)33-44(39-16-10-7-11-17-39,40-18-12-8-13-19-40)41-20-14-9-15-21-41/h7-25,30-33H,1-6H3. The van der Waals surface area contributed by atoms with Crippen molar-refractivity contribution in [3.63, 3.8) is 0 Å². The van der Waals surface area contributed by atoms with E-state index in [0.29, 0.717) is 5.56 Å². The van der Waals surface area contributed by atoms with Crippen molar-refractivity contribution in [3.05, 3.63) is 150 Å². The molecule has 5 aromatic rings. The van der Waals surface area contributed by atoms with Crippen molar-refractivity contribution >= 4 is 50.5 Å². The fourth-order valence-electron chi connectivity index (χ4n) is 5.20. The number of hydrogen-bond acceptors (Lipinski definition) is 1. The summed E-state index contributed by atoms with van der Waals surface area (Å²) in [4.78, 5) is 14.2. The van der Waals surface area contributed by atoms with Crippen LogP contribution in [0.3, 0.4) is 0 Å². The van der Waals surface area contributed by atoms with Gasteiger partial charge in [-0.25, -0.2) is 0 Å². The Bertz CT molecular complexity index is 1860. The maximum atomic E-state index is 14.2. The molecule has 0 N–H and O–H groups in total. The zero-order valence-electron chi connectivity index (χ0n) is 27.6. The number of carbonyl (C=O) groups is 1. The first-order chi connectivity index (χ1) is 21.9. The Morgan fingerprint density at radius 2 is 0.913 bits per heavy atom. The smallest absolute Gasteiger partial charge is 0.186 e. The quantitative estimate of drug-likeness (QED) is 0.0779. The molecule has 5 rings (SSSR count). The highest BCUT2D eigenvalue weighted by molar-refractivity contribution is 7.95. The van der Waals surface area contributed by atoms with Crippen LogP contribution in [0.4, 0.5) is 0 Å². The van der Waals surface area contributed by atoms with Gasteiger partial charge in [0.25, 0.3) is 0 Å². The molecule has 1 nitrogen and oxygen atoms in total. The first-order valence-electron chi connectivity index (χ1n) is 15.7. The highest BCUT2D eigenvalue weighted by Gasteiger charge is 2.26. The minimum Gasteiger partial charge on any atom is -0.289 e. The average molecular weight is 649 g/mol. The van der Waals surface area contributed by atoms with Gasteiger partial charge in [0.1, 0.15) is 16.1 Å². The summed E-state index contributed by atoms with van der Waals surface area (Å²) in [5.41, 5.74) is 11.8. The number of benzene rings is 5. The number of hydrogen-bond donors (Lipinski definition) is 0. The summed E-state index contributed by atoms with van der Waals surface area (Å²) in [5, 5.41) is 3.46. The fourth-order valence-corrected chi connectivity index (χ4v) is 10.0. The molecule has 0 amide bonds. The van der Waals surface area contributed by atoms with Gasteiger partial charge in [-0.15, -0.1) is 11.1 Å². The molecule has 0 aliphatic heterocycles. The van der Waals surface area contributed by atoms with Gasteiger partial charge < -0.3 is 0 Å². The molecular weight excluding hydrogens is 608 g/mol. The lowest BCUT2D eigenvalue weighted by molar-refractivity contribution is 0.107. The molecule has 0 spiro atoms. The Morgan fingerprint density at radius 3 is 1.28 bits per heavy atom. The minimum atomic E-state index is -2.40. The summed E-state index contributed by atoms with van der Waals surface area (Å²) in [6, 6.07) is 45.8. The molecule has 0 radical (unpaired) electrons. The Kier molecular flexibility index (Phi) is 10.0. The first kappa shape index (κ1) is 33.0. The minimum absolute atomic E-state index is 0.0212.